The van der Waals surface area contributed by atoms with Gasteiger partial charge >= 0.3 is 0 Å². The molecule has 2 N–H and O–H groups in total. The number of carbonyl (C=O) groups is 2. The van der Waals surface area contributed by atoms with Gasteiger partial charge in [0.2, 0.25) is 0 Å². The highest BCUT2D eigenvalue weighted by molar-refractivity contribution is 6.12. The van der Waals surface area contributed by atoms with Crippen LogP contribution in [0.1, 0.15) is 43.0 Å². The topological polar surface area (TPSA) is 73.8 Å². The number of nitrogens with one attached hydrogen (secondary N) is 2. The van der Waals surface area contributed by atoms with E-state index < -0.39 is 0 Å². The Labute approximate surface area is 205 Å². The van der Waals surface area contributed by atoms with E-state index in [1.165, 1.54) is 11.1 Å². The first-order valence-electron chi connectivity index (χ1n) is 11.8. The molecule has 0 atom stereocenters. The van der Waals surface area contributed by atoms with Crippen molar-refractivity contribution >= 4 is 29.3 Å². The zero-order valence-corrected chi connectivity index (χ0v) is 19.8. The van der Waals surface area contributed by atoms with Crippen molar-refractivity contribution in [3.63, 3.8) is 0 Å². The van der Waals surface area contributed by atoms with Crippen molar-refractivity contribution in [3.05, 3.63) is 106 Å². The van der Waals surface area contributed by atoms with Gasteiger partial charge in [-0.3, -0.25) is 14.6 Å². The van der Waals surface area contributed by atoms with Crippen LogP contribution < -0.4 is 10.6 Å². The molecular weight excluding hydrogens is 436 g/mol. The van der Waals surface area contributed by atoms with Crippen LogP contribution in [0.25, 0.3) is 5.57 Å². The van der Waals surface area contributed by atoms with Crippen molar-refractivity contribution < 1.29 is 9.59 Å². The Morgan fingerprint density at radius 2 is 1.77 bits per heavy atom. The molecule has 0 bridgehead atoms. The van der Waals surface area contributed by atoms with Crippen molar-refractivity contribution in [2.75, 3.05) is 25.5 Å². The molecule has 0 aromatic heterocycles. The van der Waals surface area contributed by atoms with Gasteiger partial charge < -0.3 is 15.5 Å². The van der Waals surface area contributed by atoms with Crippen LogP contribution in [-0.4, -0.2) is 43.1 Å². The number of anilines is 1. The van der Waals surface area contributed by atoms with Gasteiger partial charge in [0.25, 0.3) is 11.8 Å². The van der Waals surface area contributed by atoms with Gasteiger partial charge in [-0.2, -0.15) is 0 Å². The second-order valence-corrected chi connectivity index (χ2v) is 9.04. The number of benzene rings is 3. The number of aliphatic imine (C=N–C) groups is 1. The van der Waals surface area contributed by atoms with E-state index in [9.17, 15) is 9.59 Å². The average molecular weight is 465 g/mol. The number of likely N-dealkylation sites (N-methyl/N-ethyl adjacent to an activating group) is 1. The fourth-order valence-corrected chi connectivity index (χ4v) is 4.47. The van der Waals surface area contributed by atoms with Crippen LogP contribution in [0.2, 0.25) is 0 Å². The maximum atomic E-state index is 12.9. The number of amides is 2. The number of carbonyl (C=O) groups excluding carboxylic acids is 2. The number of nitrogens with zero attached hydrogens (tertiary/aromatic N) is 2. The smallest absolute Gasteiger partial charge is 0.255 e. The molecule has 0 spiro atoms. The molecule has 3 aromatic carbocycles. The van der Waals surface area contributed by atoms with Gasteiger partial charge in [0, 0.05) is 42.7 Å². The minimum Gasteiger partial charge on any atom is -0.348 e. The Morgan fingerprint density at radius 3 is 2.60 bits per heavy atom. The van der Waals surface area contributed by atoms with E-state index in [1.54, 1.807) is 12.1 Å². The summed E-state index contributed by atoms with van der Waals surface area (Å²) in [6.07, 6.45) is 4.90. The molecule has 0 aliphatic carbocycles. The Bertz CT molecular complexity index is 1340. The van der Waals surface area contributed by atoms with Gasteiger partial charge in [-0.1, -0.05) is 36.4 Å². The monoisotopic (exact) mass is 464 g/mol. The molecule has 2 aliphatic heterocycles. The van der Waals surface area contributed by atoms with Crippen LogP contribution in [0, 0.1) is 0 Å². The summed E-state index contributed by atoms with van der Waals surface area (Å²) < 4.78 is 0. The van der Waals surface area contributed by atoms with Crippen LogP contribution >= 0.6 is 0 Å². The van der Waals surface area contributed by atoms with Crippen LogP contribution in [0.4, 0.5) is 5.69 Å². The summed E-state index contributed by atoms with van der Waals surface area (Å²) in [7, 11) is 2.11. The number of hydrogen-bond acceptors (Lipinski definition) is 4. The predicted molar refractivity (Wildman–Crippen MR) is 140 cm³/mol. The molecule has 2 heterocycles. The molecule has 2 aliphatic rings. The molecule has 3 aromatic rings. The minimum atomic E-state index is -0.165. The molecule has 0 radical (unpaired) electrons. The Kier molecular flexibility index (Phi) is 6.55. The van der Waals surface area contributed by atoms with Crippen molar-refractivity contribution in [1.82, 2.24) is 10.2 Å². The molecule has 0 saturated carbocycles. The zero-order valence-electron chi connectivity index (χ0n) is 19.8. The lowest BCUT2D eigenvalue weighted by molar-refractivity contribution is 0.0950. The summed E-state index contributed by atoms with van der Waals surface area (Å²) in [5.41, 5.74) is 7.42. The quantitative estimate of drug-likeness (QED) is 0.571. The lowest BCUT2D eigenvalue weighted by atomic mass is 9.99. The Balaban J connectivity index is 1.22. The lowest BCUT2D eigenvalue weighted by Crippen LogP contribution is -2.26. The van der Waals surface area contributed by atoms with E-state index in [4.69, 9.17) is 0 Å². The molecule has 0 saturated heterocycles. The Hall–Kier alpha value is -4.03. The first-order chi connectivity index (χ1) is 17.0. The molecule has 5 rings (SSSR count). The molecule has 176 valence electrons. The van der Waals surface area contributed by atoms with Crippen molar-refractivity contribution in [2.45, 2.75) is 19.5 Å². The molecule has 6 nitrogen and oxygen atoms in total. The molecule has 35 heavy (non-hydrogen) atoms. The van der Waals surface area contributed by atoms with Crippen LogP contribution in [0.15, 0.2) is 77.8 Å². The molecule has 2 amide bonds. The normalized spacial score (nSPS) is 14.8. The van der Waals surface area contributed by atoms with E-state index in [2.05, 4.69) is 39.7 Å². The highest BCUT2D eigenvalue weighted by Gasteiger charge is 2.15. The van der Waals surface area contributed by atoms with E-state index in [-0.39, 0.29) is 11.8 Å². The first kappa shape index (κ1) is 22.7. The molecule has 0 fully saturated rings. The second kappa shape index (κ2) is 10.1. The highest BCUT2D eigenvalue weighted by atomic mass is 16.2. The van der Waals surface area contributed by atoms with E-state index in [1.807, 2.05) is 54.8 Å². The summed E-state index contributed by atoms with van der Waals surface area (Å²) in [6, 6.07) is 21.0. The first-order valence-corrected chi connectivity index (χ1v) is 11.8. The van der Waals surface area contributed by atoms with Crippen LogP contribution in [0.3, 0.4) is 0 Å². The summed E-state index contributed by atoms with van der Waals surface area (Å²) in [6.45, 7) is 2.96. The second-order valence-electron chi connectivity index (χ2n) is 9.04. The fraction of sp³-hybridized carbons (Fsp3) is 0.207. The van der Waals surface area contributed by atoms with Crippen LogP contribution in [-0.2, 0) is 19.5 Å². The minimum absolute atomic E-state index is 0.156. The zero-order chi connectivity index (χ0) is 24.2. The lowest BCUT2D eigenvalue weighted by Gasteiger charge is -2.25. The van der Waals surface area contributed by atoms with Crippen molar-refractivity contribution in [2.24, 2.45) is 4.99 Å². The van der Waals surface area contributed by atoms with Gasteiger partial charge in [0.1, 0.15) is 0 Å². The number of fused-ring (bicyclic) bond motifs is 1. The average Bonchev–Trinajstić information content (AvgIpc) is 3.42. The highest BCUT2D eigenvalue weighted by Crippen LogP contribution is 2.22. The van der Waals surface area contributed by atoms with E-state index in [0.29, 0.717) is 24.2 Å². The summed E-state index contributed by atoms with van der Waals surface area (Å²) in [4.78, 5) is 32.1. The predicted octanol–water partition coefficient (Wildman–Crippen LogP) is 4.32. The third-order valence-electron chi connectivity index (χ3n) is 6.41. The molecule has 6 heteroatoms. The number of allylic oxidation sites excluding steroid dienone is 1. The third kappa shape index (κ3) is 5.39. The van der Waals surface area contributed by atoms with Gasteiger partial charge in [-0.15, -0.1) is 0 Å². The number of hydrogen-bond donors (Lipinski definition) is 2. The van der Waals surface area contributed by atoms with E-state index in [0.717, 1.165) is 41.9 Å². The molecule has 0 unspecified atom stereocenters. The Morgan fingerprint density at radius 1 is 0.943 bits per heavy atom. The largest absolute Gasteiger partial charge is 0.348 e. The van der Waals surface area contributed by atoms with Gasteiger partial charge in [-0.25, -0.2) is 0 Å². The maximum Gasteiger partial charge on any atom is 0.255 e. The maximum absolute atomic E-state index is 12.9. The van der Waals surface area contributed by atoms with Crippen molar-refractivity contribution in [3.8, 4) is 0 Å². The molecular formula is C29H28N4O2. The van der Waals surface area contributed by atoms with Gasteiger partial charge in [0.05, 0.1) is 6.54 Å². The van der Waals surface area contributed by atoms with Gasteiger partial charge in [-0.05, 0) is 77.7 Å². The summed E-state index contributed by atoms with van der Waals surface area (Å²) in [5, 5.41) is 5.97. The summed E-state index contributed by atoms with van der Waals surface area (Å²) in [5.74, 6) is -0.322. The van der Waals surface area contributed by atoms with Gasteiger partial charge in [0.15, 0.2) is 0 Å². The van der Waals surface area contributed by atoms with Crippen molar-refractivity contribution in [1.29, 1.82) is 0 Å². The summed E-state index contributed by atoms with van der Waals surface area (Å²) >= 11 is 0. The number of rotatable bonds is 6. The fourth-order valence-electron chi connectivity index (χ4n) is 4.47. The SMILES string of the molecule is CN1CCc2ccc(NC(=O)c3cccc(CNC(=O)c4cccc(C5=CCN=C5)c4)c3)cc2C1. The third-order valence-corrected chi connectivity index (χ3v) is 6.41. The van der Waals surface area contributed by atoms with E-state index >= 15 is 0 Å². The standard InChI is InChI=1S/C29H28N4O2/c1-33-13-11-21-8-9-27(16-26(21)19-33)32-29(35)23-6-2-4-20(14-23)17-31-28(34)24-7-3-5-22(15-24)25-10-12-30-18-25/h2-10,14-16,18H,11-13,17,19H2,1H3,(H,31,34)(H,32,35). The van der Waals surface area contributed by atoms with Crippen LogP contribution in [0.5, 0.6) is 0 Å².